The predicted octanol–water partition coefficient (Wildman–Crippen LogP) is -3.02. The average Bonchev–Trinajstić information content (AvgIpc) is 3.52. The van der Waals surface area contributed by atoms with Crippen molar-refractivity contribution in [2.45, 2.75) is 0 Å². The van der Waals surface area contributed by atoms with Gasteiger partial charge in [-0.3, -0.25) is 0 Å². The molecule has 1 aromatic heterocycles. The van der Waals surface area contributed by atoms with Gasteiger partial charge in [-0.1, -0.05) is 121 Å². The van der Waals surface area contributed by atoms with Gasteiger partial charge in [0.15, 0.2) is 0 Å². The molecule has 0 unspecified atom stereocenters. The fraction of sp³-hybridized carbons (Fsp3) is 0. The monoisotopic (exact) mass is 663 g/mol. The van der Waals surface area contributed by atoms with E-state index in [9.17, 15) is 0 Å². The minimum atomic E-state index is -4.94. The second-order valence-corrected chi connectivity index (χ2v) is 9.14. The summed E-state index contributed by atoms with van der Waals surface area (Å²) in [4.78, 5) is 0. The standard InChI is InChI=1S/C26H20.C2H3N3.2ClHO4.Zn/c1-5-13-21(14-6-1)25(22-15-7-2-8-16-22)26(23-17-9-3-10-18-23)24-19-11-4-12-20-24;1-2-4-5-3-1;2*2-1(3,4)5;/h1-20H;1-2H,(H,3,4,5);2*(H,2,3,4,5);/q;;;;+2/p-2. The Hall–Kier alpha value is -3.36. The number of nitrogens with one attached hydrogen (secondary N) is 1. The van der Waals surface area contributed by atoms with Gasteiger partial charge in [0.25, 0.3) is 0 Å². The van der Waals surface area contributed by atoms with E-state index in [1.54, 1.807) is 12.4 Å². The molecule has 1 heterocycles. The van der Waals surface area contributed by atoms with Crippen LogP contribution in [0.1, 0.15) is 22.3 Å². The molecule has 0 aliphatic carbocycles. The van der Waals surface area contributed by atoms with Crippen LogP contribution in [0.4, 0.5) is 0 Å². The first kappa shape index (κ1) is 36.7. The Morgan fingerprint density at radius 1 is 0.405 bits per heavy atom. The first-order valence-electron chi connectivity index (χ1n) is 11.4. The molecule has 0 bridgehead atoms. The van der Waals surface area contributed by atoms with Gasteiger partial charge in [-0.15, -0.1) is 20.5 Å². The molecule has 0 aliphatic rings. The second-order valence-electron chi connectivity index (χ2n) is 7.63. The van der Waals surface area contributed by atoms with Gasteiger partial charge >= 0.3 is 19.5 Å². The maximum Gasteiger partial charge on any atom is 2.00 e. The summed E-state index contributed by atoms with van der Waals surface area (Å²) in [7, 11) is -9.89. The molecule has 0 radical (unpaired) electrons. The largest absolute Gasteiger partial charge is 2.00 e. The summed E-state index contributed by atoms with van der Waals surface area (Å²) >= 11 is 0. The summed E-state index contributed by atoms with van der Waals surface area (Å²) in [5.41, 5.74) is 7.40. The summed E-state index contributed by atoms with van der Waals surface area (Å²) in [6.45, 7) is 0. The Morgan fingerprint density at radius 2 is 0.595 bits per heavy atom. The maximum atomic E-state index is 8.49. The van der Waals surface area contributed by atoms with Crippen LogP contribution in [-0.2, 0) is 19.5 Å². The second kappa shape index (κ2) is 19.0. The third-order valence-corrected chi connectivity index (χ3v) is 4.83. The summed E-state index contributed by atoms with van der Waals surface area (Å²) in [5, 5.41) is 9.33. The van der Waals surface area contributed by atoms with Crippen LogP contribution in [0.15, 0.2) is 134 Å². The Balaban J connectivity index is 0.000000454. The molecule has 0 aliphatic heterocycles. The number of H-pyrrole nitrogens is 1. The first-order chi connectivity index (χ1) is 19.4. The van der Waals surface area contributed by atoms with E-state index >= 15 is 0 Å². The molecule has 42 heavy (non-hydrogen) atoms. The topological polar surface area (TPSA) is 226 Å². The molecule has 0 amide bonds. The van der Waals surface area contributed by atoms with E-state index in [0.717, 1.165) is 0 Å². The molecule has 0 atom stereocenters. The van der Waals surface area contributed by atoms with E-state index in [-0.39, 0.29) is 19.5 Å². The van der Waals surface area contributed by atoms with Crippen LogP contribution >= 0.6 is 0 Å². The summed E-state index contributed by atoms with van der Waals surface area (Å²) in [6, 6.07) is 42.6. The zero-order chi connectivity index (χ0) is 30.1. The molecule has 214 valence electrons. The van der Waals surface area contributed by atoms with Gasteiger partial charge in [0.2, 0.25) is 0 Å². The first-order valence-corrected chi connectivity index (χ1v) is 13.9. The average molecular weight is 666 g/mol. The van der Waals surface area contributed by atoms with Crippen LogP contribution in [0.3, 0.4) is 0 Å². The third-order valence-electron chi connectivity index (χ3n) is 4.83. The van der Waals surface area contributed by atoms with Gasteiger partial charge in [0, 0.05) is 0 Å². The van der Waals surface area contributed by atoms with E-state index in [1.165, 1.54) is 33.4 Å². The van der Waals surface area contributed by atoms with E-state index < -0.39 is 20.5 Å². The fourth-order valence-corrected chi connectivity index (χ4v) is 3.50. The molecule has 11 nitrogen and oxygen atoms in total. The minimum Gasteiger partial charge on any atom is -0.222 e. The normalized spacial score (nSPS) is 10.2. The Bertz CT molecular complexity index is 1200. The Kier molecular flexibility index (Phi) is 16.5. The van der Waals surface area contributed by atoms with Crippen LogP contribution in [0, 0.1) is 20.5 Å². The molecule has 1 N–H and O–H groups in total. The zero-order valence-corrected chi connectivity index (χ0v) is 26.3. The van der Waals surface area contributed by atoms with Crippen LogP contribution < -0.4 is 37.3 Å². The SMILES string of the molecule is [O-][Cl+3]([O-])([O-])[O-].[O-][Cl+3]([O-])([O-])[O-].[Zn+2].c1ccc(C(=C(c2ccccc2)c2ccccc2)c2ccccc2)cc1.c1cn[nH]n1. The number of benzene rings is 4. The van der Waals surface area contributed by atoms with Crippen LogP contribution in [0.2, 0.25) is 0 Å². The van der Waals surface area contributed by atoms with E-state index in [2.05, 4.69) is 137 Å². The van der Waals surface area contributed by atoms with Crippen molar-refractivity contribution in [1.82, 2.24) is 15.4 Å². The summed E-state index contributed by atoms with van der Waals surface area (Å²) in [6.07, 6.45) is 3.17. The Labute approximate surface area is 258 Å². The summed E-state index contributed by atoms with van der Waals surface area (Å²) in [5.74, 6) is 0. The van der Waals surface area contributed by atoms with Gasteiger partial charge in [-0.05, 0) is 33.4 Å². The van der Waals surface area contributed by atoms with Crippen molar-refractivity contribution >= 4 is 11.1 Å². The number of rotatable bonds is 4. The number of hydrogen-bond donors (Lipinski definition) is 1. The molecule has 0 spiro atoms. The van der Waals surface area contributed by atoms with E-state index in [1.807, 2.05) is 0 Å². The van der Waals surface area contributed by atoms with Gasteiger partial charge < -0.3 is 0 Å². The molecule has 5 aromatic rings. The van der Waals surface area contributed by atoms with Crippen molar-refractivity contribution in [1.29, 1.82) is 0 Å². The van der Waals surface area contributed by atoms with Crippen molar-refractivity contribution in [3.05, 3.63) is 156 Å². The van der Waals surface area contributed by atoms with Crippen LogP contribution in [-0.4, -0.2) is 15.4 Å². The number of aromatic amines is 1. The molecule has 0 saturated heterocycles. The summed E-state index contributed by atoms with van der Waals surface area (Å²) < 4.78 is 67.9. The van der Waals surface area contributed by atoms with Gasteiger partial charge in [0.1, 0.15) is 0 Å². The van der Waals surface area contributed by atoms with Crippen molar-refractivity contribution in [3.8, 4) is 0 Å². The van der Waals surface area contributed by atoms with Crippen LogP contribution in [0.25, 0.3) is 11.1 Å². The number of halogens is 2. The molecular weight excluding hydrogens is 643 g/mol. The molecular formula is C28H23Cl2N3O8Zn. The Morgan fingerprint density at radius 3 is 0.738 bits per heavy atom. The van der Waals surface area contributed by atoms with Crippen LogP contribution in [0.5, 0.6) is 0 Å². The van der Waals surface area contributed by atoms with Gasteiger partial charge in [-0.2, -0.15) is 15.4 Å². The number of aromatic nitrogens is 3. The molecule has 0 saturated carbocycles. The minimum absolute atomic E-state index is 0. The van der Waals surface area contributed by atoms with E-state index in [0.29, 0.717) is 0 Å². The predicted molar refractivity (Wildman–Crippen MR) is 127 cm³/mol. The molecule has 0 fully saturated rings. The fourth-order valence-electron chi connectivity index (χ4n) is 3.50. The zero-order valence-electron chi connectivity index (χ0n) is 21.8. The molecule has 5 rings (SSSR count). The smallest absolute Gasteiger partial charge is 0.222 e. The van der Waals surface area contributed by atoms with Crippen molar-refractivity contribution in [3.63, 3.8) is 0 Å². The number of nitrogens with zero attached hydrogens (tertiary/aromatic N) is 2. The maximum absolute atomic E-state index is 8.49. The van der Waals surface area contributed by atoms with Gasteiger partial charge in [-0.25, -0.2) is 37.3 Å². The van der Waals surface area contributed by atoms with Crippen molar-refractivity contribution in [2.24, 2.45) is 0 Å². The van der Waals surface area contributed by atoms with Crippen molar-refractivity contribution < 1.29 is 77.2 Å². The van der Waals surface area contributed by atoms with Gasteiger partial charge in [0.05, 0.1) is 12.4 Å². The third kappa shape index (κ3) is 16.2. The van der Waals surface area contributed by atoms with E-state index in [4.69, 9.17) is 37.3 Å². The quantitative estimate of drug-likeness (QED) is 0.151. The number of hydrogen-bond acceptors (Lipinski definition) is 10. The molecule has 4 aromatic carbocycles. The molecule has 14 heteroatoms. The van der Waals surface area contributed by atoms with Crippen molar-refractivity contribution in [2.75, 3.05) is 0 Å².